The van der Waals surface area contributed by atoms with Gasteiger partial charge in [-0.3, -0.25) is 0 Å². The Kier molecular flexibility index (Phi) is 3.73. The van der Waals surface area contributed by atoms with E-state index in [1.807, 2.05) is 5.38 Å². The van der Waals surface area contributed by atoms with Gasteiger partial charge in [0, 0.05) is 20.5 Å². The van der Waals surface area contributed by atoms with Crippen molar-refractivity contribution >= 4 is 50.6 Å². The van der Waals surface area contributed by atoms with Crippen molar-refractivity contribution in [3.8, 4) is 0 Å². The van der Waals surface area contributed by atoms with Crippen LogP contribution in [0.1, 0.15) is 21.5 Å². The highest BCUT2D eigenvalue weighted by Crippen LogP contribution is 2.36. The average Bonchev–Trinajstić information content (AvgIpc) is 3.05. The van der Waals surface area contributed by atoms with Gasteiger partial charge in [-0.2, -0.15) is 0 Å². The molecule has 0 saturated heterocycles. The smallest absolute Gasteiger partial charge is 0.345 e. The number of aromatic nitrogens is 2. The number of hydrogen-bond donors (Lipinski definition) is 1. The second kappa shape index (κ2) is 5.51. The number of thiophene rings is 2. The monoisotopic (exact) mass is 322 g/mol. The summed E-state index contributed by atoms with van der Waals surface area (Å²) in [5.41, 5.74) is 0. The fourth-order valence-electron chi connectivity index (χ4n) is 1.74. The number of carbonyl (C=O) groups is 1. The lowest BCUT2D eigenvalue weighted by Gasteiger charge is -1.98. The molecule has 7 heteroatoms. The van der Waals surface area contributed by atoms with E-state index in [0.29, 0.717) is 4.88 Å². The van der Waals surface area contributed by atoms with Crippen LogP contribution in [0.4, 0.5) is 0 Å². The predicted molar refractivity (Wildman–Crippen MR) is 82.2 cm³/mol. The van der Waals surface area contributed by atoms with E-state index < -0.39 is 5.97 Å². The van der Waals surface area contributed by atoms with Crippen LogP contribution in [0.15, 0.2) is 33.8 Å². The lowest BCUT2D eigenvalue weighted by Crippen LogP contribution is -1.89. The molecule has 0 radical (unpaired) electrons. The number of fused-ring (bicyclic) bond motifs is 1. The van der Waals surface area contributed by atoms with Gasteiger partial charge in [-0.05, 0) is 18.6 Å². The van der Waals surface area contributed by atoms with Gasteiger partial charge >= 0.3 is 5.97 Å². The first-order valence-electron chi connectivity index (χ1n) is 5.90. The van der Waals surface area contributed by atoms with E-state index in [9.17, 15) is 4.79 Å². The van der Waals surface area contributed by atoms with Crippen LogP contribution in [0.2, 0.25) is 0 Å². The fourth-order valence-corrected chi connectivity index (χ4v) is 4.52. The number of carboxylic acid groups (broad SMARTS) is 1. The van der Waals surface area contributed by atoms with E-state index in [1.165, 1.54) is 28.0 Å². The number of carboxylic acids is 1. The molecular weight excluding hydrogens is 312 g/mol. The lowest BCUT2D eigenvalue weighted by atomic mass is 10.3. The third-order valence-electron chi connectivity index (χ3n) is 2.69. The highest BCUT2D eigenvalue weighted by atomic mass is 32.2. The minimum Gasteiger partial charge on any atom is -0.477 e. The Balaban J connectivity index is 1.97. The summed E-state index contributed by atoms with van der Waals surface area (Å²) in [6.45, 7) is 2.11. The third-order valence-corrected chi connectivity index (χ3v) is 5.94. The third kappa shape index (κ3) is 2.56. The normalized spacial score (nSPS) is 11.1. The molecule has 0 bridgehead atoms. The first kappa shape index (κ1) is 13.5. The topological polar surface area (TPSA) is 63.1 Å². The Bertz CT molecular complexity index is 779. The van der Waals surface area contributed by atoms with Crippen molar-refractivity contribution in [1.29, 1.82) is 0 Å². The second-order valence-electron chi connectivity index (χ2n) is 4.02. The summed E-state index contributed by atoms with van der Waals surface area (Å²) in [5, 5.41) is 12.7. The molecule has 3 aromatic rings. The summed E-state index contributed by atoms with van der Waals surface area (Å²) in [6.07, 6.45) is 2.54. The maximum absolute atomic E-state index is 10.9. The molecule has 4 nitrogen and oxygen atoms in total. The highest BCUT2D eigenvalue weighted by molar-refractivity contribution is 7.99. The van der Waals surface area contributed by atoms with E-state index in [4.69, 9.17) is 5.11 Å². The van der Waals surface area contributed by atoms with Gasteiger partial charge in [0.2, 0.25) is 0 Å². The molecule has 3 rings (SSSR count). The Hall–Kier alpha value is -1.44. The van der Waals surface area contributed by atoms with E-state index in [2.05, 4.69) is 23.0 Å². The van der Waals surface area contributed by atoms with Crippen LogP contribution in [-0.4, -0.2) is 21.0 Å². The minimum absolute atomic E-state index is 0.345. The standard InChI is InChI=1S/C13H10N2O2S3/c1-2-7-3-9-11(19-7)14-6-15-12(9)20-8-4-10(13(16)17)18-5-8/h3-6H,2H2,1H3,(H,16,17). The van der Waals surface area contributed by atoms with Crippen molar-refractivity contribution in [2.75, 3.05) is 0 Å². The molecule has 0 aliphatic carbocycles. The first-order chi connectivity index (χ1) is 9.67. The minimum atomic E-state index is -0.890. The summed E-state index contributed by atoms with van der Waals surface area (Å²) in [6, 6.07) is 3.80. The summed E-state index contributed by atoms with van der Waals surface area (Å²) in [5.74, 6) is -0.890. The summed E-state index contributed by atoms with van der Waals surface area (Å²) in [4.78, 5) is 23.0. The molecular formula is C13H10N2O2S3. The van der Waals surface area contributed by atoms with E-state index in [-0.39, 0.29) is 0 Å². The van der Waals surface area contributed by atoms with Gasteiger partial charge in [0.25, 0.3) is 0 Å². The van der Waals surface area contributed by atoms with Crippen molar-refractivity contribution in [1.82, 2.24) is 9.97 Å². The zero-order chi connectivity index (χ0) is 14.1. The van der Waals surface area contributed by atoms with Crippen molar-refractivity contribution in [2.24, 2.45) is 0 Å². The molecule has 0 unspecified atom stereocenters. The predicted octanol–water partition coefficient (Wildman–Crippen LogP) is 4.16. The molecule has 1 N–H and O–H groups in total. The van der Waals surface area contributed by atoms with Gasteiger partial charge in [0.1, 0.15) is 21.1 Å². The maximum Gasteiger partial charge on any atom is 0.345 e. The van der Waals surface area contributed by atoms with Crippen LogP contribution in [0, 0.1) is 0 Å². The van der Waals surface area contributed by atoms with Crippen LogP contribution >= 0.6 is 34.4 Å². The van der Waals surface area contributed by atoms with Gasteiger partial charge in [0.15, 0.2) is 0 Å². The van der Waals surface area contributed by atoms with Crippen molar-refractivity contribution < 1.29 is 9.90 Å². The van der Waals surface area contributed by atoms with Crippen LogP contribution in [0.5, 0.6) is 0 Å². The second-order valence-corrected chi connectivity index (χ2v) is 7.11. The molecule has 3 aromatic heterocycles. The molecule has 0 aromatic carbocycles. The van der Waals surface area contributed by atoms with Crippen molar-refractivity contribution in [2.45, 2.75) is 23.3 Å². The number of aryl methyl sites for hydroxylation is 1. The quantitative estimate of drug-likeness (QED) is 0.731. The van der Waals surface area contributed by atoms with Gasteiger partial charge in [-0.25, -0.2) is 14.8 Å². The molecule has 102 valence electrons. The zero-order valence-electron chi connectivity index (χ0n) is 10.5. The molecule has 20 heavy (non-hydrogen) atoms. The molecule has 0 fully saturated rings. The molecule has 0 aliphatic rings. The SMILES string of the molecule is CCc1cc2c(Sc3csc(C(=O)O)c3)ncnc2s1. The molecule has 3 heterocycles. The van der Waals surface area contributed by atoms with E-state index >= 15 is 0 Å². The zero-order valence-corrected chi connectivity index (χ0v) is 12.9. The molecule has 0 atom stereocenters. The first-order valence-corrected chi connectivity index (χ1v) is 8.41. The van der Waals surface area contributed by atoms with Gasteiger partial charge in [-0.15, -0.1) is 22.7 Å². The maximum atomic E-state index is 10.9. The highest BCUT2D eigenvalue weighted by Gasteiger charge is 2.12. The Morgan fingerprint density at radius 3 is 2.95 bits per heavy atom. The lowest BCUT2D eigenvalue weighted by molar-refractivity contribution is 0.0702. The molecule has 0 amide bonds. The largest absolute Gasteiger partial charge is 0.477 e. The summed E-state index contributed by atoms with van der Waals surface area (Å²) < 4.78 is 0. The van der Waals surface area contributed by atoms with Crippen molar-refractivity contribution in [3.05, 3.63) is 33.6 Å². The molecule has 0 saturated carbocycles. The van der Waals surface area contributed by atoms with Gasteiger partial charge < -0.3 is 5.11 Å². The average molecular weight is 322 g/mol. The number of rotatable bonds is 4. The van der Waals surface area contributed by atoms with E-state index in [1.54, 1.807) is 23.7 Å². The summed E-state index contributed by atoms with van der Waals surface area (Å²) in [7, 11) is 0. The van der Waals surface area contributed by atoms with E-state index in [0.717, 1.165) is 26.6 Å². The molecule has 0 aliphatic heterocycles. The van der Waals surface area contributed by atoms with Crippen molar-refractivity contribution in [3.63, 3.8) is 0 Å². The van der Waals surface area contributed by atoms with Gasteiger partial charge in [0.05, 0.1) is 0 Å². The Morgan fingerprint density at radius 2 is 2.25 bits per heavy atom. The van der Waals surface area contributed by atoms with Gasteiger partial charge in [-0.1, -0.05) is 18.7 Å². The number of aromatic carboxylic acids is 1. The van der Waals surface area contributed by atoms with Crippen LogP contribution in [0.25, 0.3) is 10.2 Å². The fraction of sp³-hybridized carbons (Fsp3) is 0.154. The number of nitrogens with zero attached hydrogens (tertiary/aromatic N) is 2. The van der Waals surface area contributed by atoms with Crippen LogP contribution < -0.4 is 0 Å². The van der Waals surface area contributed by atoms with Crippen LogP contribution in [0.3, 0.4) is 0 Å². The number of hydrogen-bond acceptors (Lipinski definition) is 6. The molecule has 0 spiro atoms. The summed E-state index contributed by atoms with van der Waals surface area (Å²) >= 11 is 4.39. The Morgan fingerprint density at radius 1 is 1.40 bits per heavy atom. The Labute approximate surface area is 127 Å². The van der Waals surface area contributed by atoms with Crippen LogP contribution in [-0.2, 0) is 6.42 Å².